The van der Waals surface area contributed by atoms with E-state index in [1.165, 1.54) is 0 Å². The fourth-order valence-corrected chi connectivity index (χ4v) is 2.35. The molecule has 2 aromatic carbocycles. The molecule has 3 aromatic rings. The summed E-state index contributed by atoms with van der Waals surface area (Å²) in [5.74, 6) is 1.18. The van der Waals surface area contributed by atoms with E-state index in [9.17, 15) is 0 Å². The molecule has 0 fully saturated rings. The molecule has 0 spiro atoms. The Morgan fingerprint density at radius 2 is 1.62 bits per heavy atom. The van der Waals surface area contributed by atoms with Gasteiger partial charge in [-0.1, -0.05) is 59.6 Å². The number of rotatable bonds is 3. The van der Waals surface area contributed by atoms with Gasteiger partial charge in [-0.3, -0.25) is 0 Å². The van der Waals surface area contributed by atoms with Crippen LogP contribution in [0.5, 0.6) is 11.5 Å². The molecule has 1 aromatic heterocycles. The number of benzene rings is 2. The number of hydrogen-bond donors (Lipinski definition) is 0. The normalized spacial score (nSPS) is 10.4. The Bertz CT molecular complexity index is 760. The van der Waals surface area contributed by atoms with Crippen LogP contribution >= 0.6 is 23.2 Å². The fraction of sp³-hybridized carbons (Fsp3) is 0. The first kappa shape index (κ1) is 13.9. The second kappa shape index (κ2) is 6.17. The number of pyridine rings is 1. The molecule has 0 bridgehead atoms. The van der Waals surface area contributed by atoms with Crippen LogP contribution in [-0.4, -0.2) is 4.98 Å². The van der Waals surface area contributed by atoms with E-state index in [1.54, 1.807) is 18.3 Å². The average Bonchev–Trinajstić information content (AvgIpc) is 2.50. The summed E-state index contributed by atoms with van der Waals surface area (Å²) in [6.45, 7) is 0. The molecule has 1 heterocycles. The number of hydrogen-bond acceptors (Lipinski definition) is 2. The lowest BCUT2D eigenvalue weighted by molar-refractivity contribution is 0.482. The van der Waals surface area contributed by atoms with Crippen LogP contribution in [0.4, 0.5) is 0 Å². The Hall–Kier alpha value is -2.03. The molecule has 0 aliphatic rings. The van der Waals surface area contributed by atoms with Crippen LogP contribution in [0.25, 0.3) is 11.1 Å². The van der Waals surface area contributed by atoms with Gasteiger partial charge in [0.05, 0.1) is 5.02 Å². The van der Waals surface area contributed by atoms with Gasteiger partial charge in [0.25, 0.3) is 0 Å². The summed E-state index contributed by atoms with van der Waals surface area (Å²) in [7, 11) is 0. The van der Waals surface area contributed by atoms with Gasteiger partial charge in [-0.05, 0) is 29.3 Å². The monoisotopic (exact) mass is 315 g/mol. The van der Waals surface area contributed by atoms with Gasteiger partial charge in [-0.15, -0.1) is 0 Å². The third kappa shape index (κ3) is 3.35. The summed E-state index contributed by atoms with van der Waals surface area (Å²) >= 11 is 12.1. The van der Waals surface area contributed by atoms with Gasteiger partial charge in [0, 0.05) is 12.3 Å². The van der Waals surface area contributed by atoms with E-state index in [1.807, 2.05) is 48.5 Å². The van der Waals surface area contributed by atoms with Crippen molar-refractivity contribution in [1.82, 2.24) is 4.98 Å². The smallest absolute Gasteiger partial charge is 0.146 e. The van der Waals surface area contributed by atoms with Gasteiger partial charge in [0.15, 0.2) is 0 Å². The summed E-state index contributed by atoms with van der Waals surface area (Å²) in [5, 5.41) is 0.925. The predicted molar refractivity (Wildman–Crippen MR) is 86.2 cm³/mol. The van der Waals surface area contributed by atoms with E-state index >= 15 is 0 Å². The van der Waals surface area contributed by atoms with Gasteiger partial charge in [0.1, 0.15) is 16.7 Å². The van der Waals surface area contributed by atoms with E-state index in [2.05, 4.69) is 4.98 Å². The van der Waals surface area contributed by atoms with Crippen molar-refractivity contribution in [3.63, 3.8) is 0 Å². The van der Waals surface area contributed by atoms with Crippen molar-refractivity contribution in [2.24, 2.45) is 0 Å². The van der Waals surface area contributed by atoms with Crippen molar-refractivity contribution in [2.45, 2.75) is 0 Å². The minimum absolute atomic E-state index is 0.379. The Kier molecular flexibility index (Phi) is 4.09. The molecular formula is C17H11Cl2NO. The third-order valence-corrected chi connectivity index (χ3v) is 3.47. The number of ether oxygens (including phenoxy) is 1. The van der Waals surface area contributed by atoms with Gasteiger partial charge >= 0.3 is 0 Å². The highest BCUT2D eigenvalue weighted by atomic mass is 35.5. The average molecular weight is 316 g/mol. The standard InChI is InChI=1S/C17H11Cl2NO/c18-15-10-13(12-4-2-1-3-5-12)6-7-16(15)21-14-8-9-20-17(19)11-14/h1-11H. The molecule has 0 N–H and O–H groups in total. The SMILES string of the molecule is Clc1cc(Oc2ccc(-c3ccccc3)cc2Cl)ccn1. The summed E-state index contributed by atoms with van der Waals surface area (Å²) in [6.07, 6.45) is 1.59. The lowest BCUT2D eigenvalue weighted by atomic mass is 10.1. The molecular weight excluding hydrogens is 305 g/mol. The van der Waals surface area contributed by atoms with Crippen LogP contribution in [0, 0.1) is 0 Å². The fourth-order valence-electron chi connectivity index (χ4n) is 1.97. The highest BCUT2D eigenvalue weighted by molar-refractivity contribution is 6.32. The van der Waals surface area contributed by atoms with Crippen LogP contribution in [0.1, 0.15) is 0 Å². The Morgan fingerprint density at radius 3 is 2.33 bits per heavy atom. The molecule has 104 valence electrons. The Labute approximate surface area is 132 Å². The van der Waals surface area contributed by atoms with E-state index < -0.39 is 0 Å². The zero-order valence-electron chi connectivity index (χ0n) is 11.0. The van der Waals surface area contributed by atoms with Crippen LogP contribution in [0.15, 0.2) is 66.9 Å². The van der Waals surface area contributed by atoms with Crippen LogP contribution < -0.4 is 4.74 Å². The van der Waals surface area contributed by atoms with Crippen molar-refractivity contribution in [3.8, 4) is 22.6 Å². The van der Waals surface area contributed by atoms with Crippen molar-refractivity contribution < 1.29 is 4.74 Å². The minimum Gasteiger partial charge on any atom is -0.456 e. The van der Waals surface area contributed by atoms with E-state index in [-0.39, 0.29) is 0 Å². The van der Waals surface area contributed by atoms with E-state index in [0.717, 1.165) is 11.1 Å². The van der Waals surface area contributed by atoms with E-state index in [4.69, 9.17) is 27.9 Å². The summed E-state index contributed by atoms with van der Waals surface area (Å²) < 4.78 is 5.72. The Balaban J connectivity index is 1.88. The quantitative estimate of drug-likeness (QED) is 0.566. The van der Waals surface area contributed by atoms with E-state index in [0.29, 0.717) is 21.7 Å². The first-order chi connectivity index (χ1) is 10.2. The van der Waals surface area contributed by atoms with Crippen molar-refractivity contribution in [1.29, 1.82) is 0 Å². The minimum atomic E-state index is 0.379. The second-order valence-corrected chi connectivity index (χ2v) is 5.22. The topological polar surface area (TPSA) is 22.1 Å². The predicted octanol–water partition coefficient (Wildman–Crippen LogP) is 5.85. The van der Waals surface area contributed by atoms with Crippen LogP contribution in [-0.2, 0) is 0 Å². The van der Waals surface area contributed by atoms with Crippen LogP contribution in [0.2, 0.25) is 10.2 Å². The van der Waals surface area contributed by atoms with Gasteiger partial charge < -0.3 is 4.74 Å². The van der Waals surface area contributed by atoms with Gasteiger partial charge in [-0.25, -0.2) is 4.98 Å². The van der Waals surface area contributed by atoms with Crippen LogP contribution in [0.3, 0.4) is 0 Å². The highest BCUT2D eigenvalue weighted by Crippen LogP contribution is 2.33. The molecule has 0 saturated heterocycles. The Morgan fingerprint density at radius 1 is 0.810 bits per heavy atom. The highest BCUT2D eigenvalue weighted by Gasteiger charge is 2.06. The van der Waals surface area contributed by atoms with Crippen molar-refractivity contribution in [3.05, 3.63) is 77.0 Å². The maximum absolute atomic E-state index is 6.30. The number of aromatic nitrogens is 1. The molecule has 0 radical (unpaired) electrons. The summed E-state index contributed by atoms with van der Waals surface area (Å²) in [6, 6.07) is 19.1. The molecule has 0 unspecified atom stereocenters. The first-order valence-corrected chi connectivity index (χ1v) is 7.12. The largest absolute Gasteiger partial charge is 0.456 e. The molecule has 3 rings (SSSR count). The lowest BCUT2D eigenvalue weighted by Crippen LogP contribution is -1.87. The lowest BCUT2D eigenvalue weighted by Gasteiger charge is -2.09. The van der Waals surface area contributed by atoms with Crippen molar-refractivity contribution in [2.75, 3.05) is 0 Å². The molecule has 2 nitrogen and oxygen atoms in total. The number of nitrogens with zero attached hydrogens (tertiary/aromatic N) is 1. The summed E-state index contributed by atoms with van der Waals surface area (Å²) in [5.41, 5.74) is 2.15. The molecule has 0 aliphatic carbocycles. The maximum Gasteiger partial charge on any atom is 0.146 e. The molecule has 0 aliphatic heterocycles. The third-order valence-electron chi connectivity index (χ3n) is 2.96. The molecule has 0 atom stereocenters. The second-order valence-electron chi connectivity index (χ2n) is 4.43. The molecule has 0 saturated carbocycles. The maximum atomic E-state index is 6.30. The zero-order valence-corrected chi connectivity index (χ0v) is 12.5. The molecule has 0 amide bonds. The van der Waals surface area contributed by atoms with Gasteiger partial charge in [0.2, 0.25) is 0 Å². The molecule has 4 heteroatoms. The van der Waals surface area contributed by atoms with Gasteiger partial charge in [-0.2, -0.15) is 0 Å². The summed E-state index contributed by atoms with van der Waals surface area (Å²) in [4.78, 5) is 3.91. The molecule has 21 heavy (non-hydrogen) atoms. The van der Waals surface area contributed by atoms with Crippen molar-refractivity contribution >= 4 is 23.2 Å². The zero-order chi connectivity index (χ0) is 14.7. The first-order valence-electron chi connectivity index (χ1n) is 6.37. The number of halogens is 2.